The van der Waals surface area contributed by atoms with Gasteiger partial charge in [0.2, 0.25) is 5.91 Å². The van der Waals surface area contributed by atoms with Crippen molar-refractivity contribution in [2.45, 2.75) is 17.9 Å². The van der Waals surface area contributed by atoms with Crippen molar-refractivity contribution in [3.63, 3.8) is 0 Å². The monoisotopic (exact) mass is 488 g/mol. The maximum Gasteiger partial charge on any atom is 0.269 e. The van der Waals surface area contributed by atoms with Gasteiger partial charge >= 0.3 is 0 Å². The predicted molar refractivity (Wildman–Crippen MR) is 131 cm³/mol. The van der Waals surface area contributed by atoms with Gasteiger partial charge in [-0.25, -0.2) is 13.1 Å². The van der Waals surface area contributed by atoms with E-state index in [9.17, 15) is 23.3 Å². The SMILES string of the molecule is O=C(Cc1ccc(-c2ccccc2)cc1)Nc1c2c(nn1-c1ccc([N+](=O)[O-])cc1)CS(=O)(=O)C2. The Kier molecular flexibility index (Phi) is 5.65. The predicted octanol–water partition coefficient (Wildman–Crippen LogP) is 4.06. The average Bonchev–Trinajstić information content (AvgIpc) is 3.32. The number of carbonyl (C=O) groups excluding carboxylic acids is 1. The van der Waals surface area contributed by atoms with Crippen LogP contribution in [0.5, 0.6) is 0 Å². The number of benzene rings is 3. The molecule has 10 heteroatoms. The molecule has 1 amide bonds. The van der Waals surface area contributed by atoms with Gasteiger partial charge in [-0.2, -0.15) is 5.10 Å². The number of nitrogens with one attached hydrogen (secondary N) is 1. The summed E-state index contributed by atoms with van der Waals surface area (Å²) < 4.78 is 25.7. The standard InChI is InChI=1S/C25H20N4O5S/c30-24(14-17-6-8-19(9-7-17)18-4-2-1-3-5-18)26-25-22-15-35(33,34)16-23(22)27-28(25)20-10-12-21(13-11-20)29(31)32/h1-13H,14-16H2,(H,26,30). The summed E-state index contributed by atoms with van der Waals surface area (Å²) in [6.45, 7) is 0. The fourth-order valence-corrected chi connectivity index (χ4v) is 5.57. The Labute approximate surface area is 201 Å². The third kappa shape index (κ3) is 4.69. The highest BCUT2D eigenvalue weighted by molar-refractivity contribution is 7.90. The van der Waals surface area contributed by atoms with Crippen LogP contribution in [0.2, 0.25) is 0 Å². The van der Waals surface area contributed by atoms with Gasteiger partial charge in [-0.15, -0.1) is 0 Å². The van der Waals surface area contributed by atoms with Crippen LogP contribution in [-0.4, -0.2) is 29.0 Å². The molecular formula is C25H20N4O5S. The van der Waals surface area contributed by atoms with Crippen molar-refractivity contribution in [1.29, 1.82) is 0 Å². The number of nitro benzene ring substituents is 1. The molecule has 0 radical (unpaired) electrons. The van der Waals surface area contributed by atoms with E-state index in [4.69, 9.17) is 0 Å². The molecule has 0 bridgehead atoms. The van der Waals surface area contributed by atoms with Crippen LogP contribution in [-0.2, 0) is 32.6 Å². The van der Waals surface area contributed by atoms with E-state index in [0.29, 0.717) is 16.9 Å². The number of aromatic nitrogens is 2. The van der Waals surface area contributed by atoms with Crippen molar-refractivity contribution in [2.24, 2.45) is 0 Å². The molecular weight excluding hydrogens is 468 g/mol. The van der Waals surface area contributed by atoms with E-state index in [1.54, 1.807) is 0 Å². The topological polar surface area (TPSA) is 124 Å². The minimum atomic E-state index is -3.34. The van der Waals surface area contributed by atoms with Crippen molar-refractivity contribution < 1.29 is 18.1 Å². The molecule has 4 aromatic rings. The minimum absolute atomic E-state index is 0.0828. The number of rotatable bonds is 6. The summed E-state index contributed by atoms with van der Waals surface area (Å²) >= 11 is 0. The van der Waals surface area contributed by atoms with Crippen LogP contribution in [0.4, 0.5) is 11.5 Å². The number of carbonyl (C=O) groups is 1. The molecule has 0 atom stereocenters. The van der Waals surface area contributed by atoms with Crippen molar-refractivity contribution >= 4 is 27.2 Å². The summed E-state index contributed by atoms with van der Waals surface area (Å²) in [7, 11) is -3.34. The third-order valence-electron chi connectivity index (χ3n) is 5.78. The molecule has 3 aromatic carbocycles. The van der Waals surface area contributed by atoms with E-state index in [2.05, 4.69) is 10.4 Å². The Morgan fingerprint density at radius 1 is 0.943 bits per heavy atom. The first kappa shape index (κ1) is 22.5. The van der Waals surface area contributed by atoms with Crippen LogP contribution < -0.4 is 5.32 Å². The van der Waals surface area contributed by atoms with Gasteiger partial charge in [0.25, 0.3) is 5.69 Å². The Balaban J connectivity index is 1.40. The average molecular weight is 489 g/mol. The molecule has 176 valence electrons. The lowest BCUT2D eigenvalue weighted by Crippen LogP contribution is -2.18. The Bertz CT molecular complexity index is 1530. The van der Waals surface area contributed by atoms with Gasteiger partial charge in [-0.3, -0.25) is 14.9 Å². The van der Waals surface area contributed by atoms with Crippen molar-refractivity contribution in [2.75, 3.05) is 5.32 Å². The lowest BCUT2D eigenvalue weighted by atomic mass is 10.0. The Morgan fingerprint density at radius 2 is 1.60 bits per heavy atom. The van der Waals surface area contributed by atoms with Gasteiger partial charge in [-0.05, 0) is 28.8 Å². The number of non-ortho nitro benzene ring substituents is 1. The van der Waals surface area contributed by atoms with Gasteiger partial charge in [0.05, 0.1) is 34.2 Å². The largest absolute Gasteiger partial charge is 0.310 e. The molecule has 0 aliphatic carbocycles. The summed E-state index contributed by atoms with van der Waals surface area (Å²) in [5.41, 5.74) is 4.11. The van der Waals surface area contributed by atoms with E-state index >= 15 is 0 Å². The molecule has 1 N–H and O–H groups in total. The molecule has 0 fully saturated rings. The van der Waals surface area contributed by atoms with Crippen LogP contribution in [0, 0.1) is 10.1 Å². The van der Waals surface area contributed by atoms with Gasteiger partial charge in [0.15, 0.2) is 9.84 Å². The van der Waals surface area contributed by atoms with Gasteiger partial charge < -0.3 is 5.32 Å². The molecule has 0 spiro atoms. The summed E-state index contributed by atoms with van der Waals surface area (Å²) in [4.78, 5) is 23.4. The smallest absolute Gasteiger partial charge is 0.269 e. The first-order valence-corrected chi connectivity index (χ1v) is 12.6. The molecule has 0 unspecified atom stereocenters. The molecule has 5 rings (SSSR count). The van der Waals surface area contributed by atoms with Gasteiger partial charge in [-0.1, -0.05) is 54.6 Å². The normalized spacial score (nSPS) is 13.8. The number of hydrogen-bond donors (Lipinski definition) is 1. The van der Waals surface area contributed by atoms with Crippen LogP contribution in [0.25, 0.3) is 16.8 Å². The number of amides is 1. The number of fused-ring (bicyclic) bond motifs is 1. The number of nitrogens with zero attached hydrogens (tertiary/aromatic N) is 3. The molecule has 2 heterocycles. The first-order chi connectivity index (χ1) is 16.8. The number of anilines is 1. The molecule has 9 nitrogen and oxygen atoms in total. The summed E-state index contributed by atoms with van der Waals surface area (Å²) in [6.07, 6.45) is 0.0854. The Morgan fingerprint density at radius 3 is 2.26 bits per heavy atom. The molecule has 1 aliphatic heterocycles. The quantitative estimate of drug-likeness (QED) is 0.322. The maximum atomic E-state index is 12.9. The van der Waals surface area contributed by atoms with Crippen molar-refractivity contribution in [1.82, 2.24) is 9.78 Å². The fourth-order valence-electron chi connectivity index (χ4n) is 4.08. The second-order valence-corrected chi connectivity index (χ2v) is 10.3. The first-order valence-electron chi connectivity index (χ1n) is 10.8. The van der Waals surface area contributed by atoms with Crippen molar-refractivity contribution in [3.05, 3.63) is 106 Å². The minimum Gasteiger partial charge on any atom is -0.310 e. The third-order valence-corrected chi connectivity index (χ3v) is 7.22. The Hall–Kier alpha value is -4.31. The molecule has 0 saturated heterocycles. The van der Waals surface area contributed by atoms with Crippen molar-refractivity contribution in [3.8, 4) is 16.8 Å². The molecule has 0 saturated carbocycles. The highest BCUT2D eigenvalue weighted by Crippen LogP contribution is 2.33. The highest BCUT2D eigenvalue weighted by atomic mass is 32.2. The zero-order valence-corrected chi connectivity index (χ0v) is 19.2. The molecule has 1 aromatic heterocycles. The second kappa shape index (κ2) is 8.80. The number of nitro groups is 1. The number of hydrogen-bond acceptors (Lipinski definition) is 6. The van der Waals surface area contributed by atoms with Crippen LogP contribution in [0.15, 0.2) is 78.9 Å². The summed E-state index contributed by atoms with van der Waals surface area (Å²) in [5, 5.41) is 18.2. The van der Waals surface area contributed by atoms with Gasteiger partial charge in [0.1, 0.15) is 5.82 Å². The van der Waals surface area contributed by atoms with E-state index in [-0.39, 0.29) is 35.3 Å². The highest BCUT2D eigenvalue weighted by Gasteiger charge is 2.33. The van der Waals surface area contributed by atoms with Crippen LogP contribution in [0.3, 0.4) is 0 Å². The van der Waals surface area contributed by atoms with E-state index in [1.807, 2.05) is 54.6 Å². The summed E-state index contributed by atoms with van der Waals surface area (Å²) in [6, 6.07) is 23.2. The van der Waals surface area contributed by atoms with E-state index in [0.717, 1.165) is 16.7 Å². The van der Waals surface area contributed by atoms with E-state index < -0.39 is 14.8 Å². The molecule has 1 aliphatic rings. The lowest BCUT2D eigenvalue weighted by molar-refractivity contribution is -0.384. The second-order valence-electron chi connectivity index (χ2n) is 8.28. The van der Waals surface area contributed by atoms with Gasteiger partial charge in [0, 0.05) is 17.7 Å². The summed E-state index contributed by atoms with van der Waals surface area (Å²) in [5.74, 6) is -0.503. The fraction of sp³-hybridized carbons (Fsp3) is 0.120. The van der Waals surface area contributed by atoms with E-state index in [1.165, 1.54) is 28.9 Å². The molecule has 35 heavy (non-hydrogen) atoms. The van der Waals surface area contributed by atoms with Crippen LogP contribution in [0.1, 0.15) is 16.8 Å². The zero-order chi connectivity index (χ0) is 24.6. The lowest BCUT2D eigenvalue weighted by Gasteiger charge is -2.11. The zero-order valence-electron chi connectivity index (χ0n) is 18.4. The maximum absolute atomic E-state index is 12.9. The number of sulfone groups is 1. The van der Waals surface area contributed by atoms with Crippen LogP contribution >= 0.6 is 0 Å².